The molecule has 3 rings (SSSR count). The lowest BCUT2D eigenvalue weighted by Gasteiger charge is -2.25. The molecule has 1 aromatic heterocycles. The first-order chi connectivity index (χ1) is 9.15. The Balaban J connectivity index is 1.99. The standard InChI is InChI=1S/C14H14IN3O/c1-9(19)18-7-6-13-12(8-18)14(17-16-13)10-2-4-11(15)5-3-10/h2-5H,6-8H2,1H3,(H,16,17). The fourth-order valence-corrected chi connectivity index (χ4v) is 2.77. The highest BCUT2D eigenvalue weighted by Crippen LogP contribution is 2.28. The number of rotatable bonds is 1. The average molecular weight is 367 g/mol. The monoisotopic (exact) mass is 367 g/mol. The van der Waals surface area contributed by atoms with Crippen LogP contribution in [0.15, 0.2) is 24.3 Å². The second kappa shape index (κ2) is 4.96. The Hall–Kier alpha value is -1.37. The molecular weight excluding hydrogens is 353 g/mol. The number of H-pyrrole nitrogens is 1. The maximum atomic E-state index is 11.5. The molecule has 2 aromatic rings. The first kappa shape index (κ1) is 12.7. The summed E-state index contributed by atoms with van der Waals surface area (Å²) in [5, 5.41) is 7.54. The van der Waals surface area contributed by atoms with E-state index in [1.165, 1.54) is 3.57 Å². The molecule has 19 heavy (non-hydrogen) atoms. The minimum Gasteiger partial charge on any atom is -0.338 e. The molecule has 0 fully saturated rings. The maximum Gasteiger partial charge on any atom is 0.219 e. The van der Waals surface area contributed by atoms with Gasteiger partial charge >= 0.3 is 0 Å². The maximum absolute atomic E-state index is 11.5. The van der Waals surface area contributed by atoms with Gasteiger partial charge in [0.25, 0.3) is 0 Å². The van der Waals surface area contributed by atoms with E-state index in [-0.39, 0.29) is 5.91 Å². The fourth-order valence-electron chi connectivity index (χ4n) is 2.41. The van der Waals surface area contributed by atoms with Gasteiger partial charge in [-0.25, -0.2) is 0 Å². The molecule has 0 saturated carbocycles. The summed E-state index contributed by atoms with van der Waals surface area (Å²) in [5.41, 5.74) is 4.38. The zero-order valence-corrected chi connectivity index (χ0v) is 12.8. The average Bonchev–Trinajstić information content (AvgIpc) is 2.82. The second-order valence-electron chi connectivity index (χ2n) is 4.73. The van der Waals surface area contributed by atoms with Crippen molar-refractivity contribution < 1.29 is 4.79 Å². The van der Waals surface area contributed by atoms with Crippen molar-refractivity contribution in [3.8, 4) is 11.3 Å². The Kier molecular flexibility index (Phi) is 3.30. The summed E-state index contributed by atoms with van der Waals surface area (Å²) in [6.07, 6.45) is 0.853. The van der Waals surface area contributed by atoms with Gasteiger partial charge in [-0.15, -0.1) is 0 Å². The van der Waals surface area contributed by atoms with Gasteiger partial charge in [0.2, 0.25) is 5.91 Å². The predicted molar refractivity (Wildman–Crippen MR) is 81.5 cm³/mol. The molecule has 98 valence electrons. The molecule has 1 aromatic carbocycles. The lowest BCUT2D eigenvalue weighted by molar-refractivity contribution is -0.129. The van der Waals surface area contributed by atoms with Gasteiger partial charge in [0.15, 0.2) is 0 Å². The van der Waals surface area contributed by atoms with Crippen molar-refractivity contribution in [3.05, 3.63) is 39.1 Å². The van der Waals surface area contributed by atoms with Crippen LogP contribution >= 0.6 is 22.6 Å². The number of aromatic amines is 1. The third kappa shape index (κ3) is 2.39. The van der Waals surface area contributed by atoms with Crippen LogP contribution in [-0.2, 0) is 17.8 Å². The number of carbonyl (C=O) groups is 1. The SMILES string of the molecule is CC(=O)N1CCc2[nH]nc(-c3ccc(I)cc3)c2C1. The van der Waals surface area contributed by atoms with E-state index < -0.39 is 0 Å². The van der Waals surface area contributed by atoms with Crippen molar-refractivity contribution in [2.45, 2.75) is 19.9 Å². The number of amides is 1. The van der Waals surface area contributed by atoms with Crippen molar-refractivity contribution in [2.24, 2.45) is 0 Å². The van der Waals surface area contributed by atoms with E-state index in [2.05, 4.69) is 57.1 Å². The van der Waals surface area contributed by atoms with Crippen molar-refractivity contribution in [2.75, 3.05) is 6.54 Å². The quantitative estimate of drug-likeness (QED) is 0.788. The molecule has 1 aliphatic rings. The van der Waals surface area contributed by atoms with E-state index in [0.717, 1.165) is 35.5 Å². The van der Waals surface area contributed by atoms with E-state index in [4.69, 9.17) is 0 Å². The van der Waals surface area contributed by atoms with Gasteiger partial charge in [0.05, 0.1) is 5.69 Å². The fraction of sp³-hybridized carbons (Fsp3) is 0.286. The number of hydrogen-bond acceptors (Lipinski definition) is 2. The molecule has 5 heteroatoms. The smallest absolute Gasteiger partial charge is 0.219 e. The van der Waals surface area contributed by atoms with Crippen LogP contribution in [-0.4, -0.2) is 27.5 Å². The number of hydrogen-bond donors (Lipinski definition) is 1. The first-order valence-corrected chi connectivity index (χ1v) is 7.30. The Morgan fingerprint density at radius 2 is 2.11 bits per heavy atom. The van der Waals surface area contributed by atoms with Crippen molar-refractivity contribution in [1.82, 2.24) is 15.1 Å². The van der Waals surface area contributed by atoms with E-state index in [1.54, 1.807) is 6.92 Å². The van der Waals surface area contributed by atoms with Gasteiger partial charge in [-0.1, -0.05) is 12.1 Å². The third-order valence-electron chi connectivity index (χ3n) is 3.50. The molecule has 2 heterocycles. The van der Waals surface area contributed by atoms with Crippen molar-refractivity contribution in [1.29, 1.82) is 0 Å². The summed E-state index contributed by atoms with van der Waals surface area (Å²) in [6, 6.07) is 8.29. The number of nitrogens with one attached hydrogen (secondary N) is 1. The zero-order chi connectivity index (χ0) is 13.4. The molecule has 4 nitrogen and oxygen atoms in total. The van der Waals surface area contributed by atoms with Crippen LogP contribution in [0.2, 0.25) is 0 Å². The number of nitrogens with zero attached hydrogens (tertiary/aromatic N) is 2. The molecule has 0 aliphatic carbocycles. The van der Waals surface area contributed by atoms with Crippen LogP contribution in [0, 0.1) is 3.57 Å². The molecule has 0 unspecified atom stereocenters. The molecule has 0 atom stereocenters. The molecule has 0 saturated heterocycles. The number of halogens is 1. The van der Waals surface area contributed by atoms with Crippen LogP contribution in [0.4, 0.5) is 0 Å². The number of carbonyl (C=O) groups excluding carboxylic acids is 1. The summed E-state index contributed by atoms with van der Waals surface area (Å²) >= 11 is 2.29. The Labute approximate surface area is 125 Å². The molecule has 0 spiro atoms. The summed E-state index contributed by atoms with van der Waals surface area (Å²) in [7, 11) is 0. The highest BCUT2D eigenvalue weighted by Gasteiger charge is 2.23. The predicted octanol–water partition coefficient (Wildman–Crippen LogP) is 2.59. The Morgan fingerprint density at radius 1 is 1.37 bits per heavy atom. The molecule has 0 radical (unpaired) electrons. The number of fused-ring (bicyclic) bond motifs is 1. The topological polar surface area (TPSA) is 49.0 Å². The number of benzene rings is 1. The van der Waals surface area contributed by atoms with Gasteiger partial charge in [0.1, 0.15) is 0 Å². The minimum absolute atomic E-state index is 0.125. The van der Waals surface area contributed by atoms with Crippen molar-refractivity contribution in [3.63, 3.8) is 0 Å². The van der Waals surface area contributed by atoms with Crippen LogP contribution in [0.5, 0.6) is 0 Å². The Bertz CT molecular complexity index is 618. The van der Waals surface area contributed by atoms with E-state index in [0.29, 0.717) is 6.54 Å². The van der Waals surface area contributed by atoms with E-state index >= 15 is 0 Å². The lowest BCUT2D eigenvalue weighted by Crippen LogP contribution is -2.34. The highest BCUT2D eigenvalue weighted by molar-refractivity contribution is 14.1. The van der Waals surface area contributed by atoms with Crippen LogP contribution in [0.3, 0.4) is 0 Å². The number of aromatic nitrogens is 2. The summed E-state index contributed by atoms with van der Waals surface area (Å²) in [5.74, 6) is 0.125. The van der Waals surface area contributed by atoms with Gasteiger partial charge in [-0.3, -0.25) is 9.89 Å². The van der Waals surface area contributed by atoms with Crippen LogP contribution in [0.25, 0.3) is 11.3 Å². The Morgan fingerprint density at radius 3 is 2.79 bits per heavy atom. The first-order valence-electron chi connectivity index (χ1n) is 6.22. The minimum atomic E-state index is 0.125. The van der Waals surface area contributed by atoms with Gasteiger partial charge < -0.3 is 4.90 Å². The van der Waals surface area contributed by atoms with Gasteiger partial charge in [-0.05, 0) is 34.7 Å². The van der Waals surface area contributed by atoms with Gasteiger partial charge in [0, 0.05) is 46.8 Å². The van der Waals surface area contributed by atoms with Gasteiger partial charge in [-0.2, -0.15) is 5.10 Å². The van der Waals surface area contributed by atoms with Crippen LogP contribution < -0.4 is 0 Å². The molecule has 0 bridgehead atoms. The molecule has 1 N–H and O–H groups in total. The van der Waals surface area contributed by atoms with E-state index in [1.807, 2.05) is 4.90 Å². The highest BCUT2D eigenvalue weighted by atomic mass is 127. The molecular formula is C14H14IN3O. The summed E-state index contributed by atoms with van der Waals surface area (Å²) in [4.78, 5) is 13.4. The third-order valence-corrected chi connectivity index (χ3v) is 4.22. The normalized spacial score (nSPS) is 14.3. The zero-order valence-electron chi connectivity index (χ0n) is 10.6. The lowest BCUT2D eigenvalue weighted by atomic mass is 10.0. The summed E-state index contributed by atoms with van der Waals surface area (Å²) in [6.45, 7) is 3.05. The molecule has 1 aliphatic heterocycles. The largest absolute Gasteiger partial charge is 0.338 e. The van der Waals surface area contributed by atoms with E-state index in [9.17, 15) is 4.79 Å². The summed E-state index contributed by atoms with van der Waals surface area (Å²) < 4.78 is 1.20. The van der Waals surface area contributed by atoms with Crippen LogP contribution in [0.1, 0.15) is 18.2 Å². The van der Waals surface area contributed by atoms with Crippen molar-refractivity contribution >= 4 is 28.5 Å². The second-order valence-corrected chi connectivity index (χ2v) is 5.97. The molecule has 1 amide bonds.